The van der Waals surface area contributed by atoms with Gasteiger partial charge in [-0.1, -0.05) is 121 Å². The Morgan fingerprint density at radius 3 is 0.841 bits per heavy atom. The molecule has 7 aromatic carbocycles. The topological polar surface area (TPSA) is 6.48 Å². The van der Waals surface area contributed by atoms with E-state index >= 15 is 0 Å². The van der Waals surface area contributed by atoms with Crippen molar-refractivity contribution < 1.29 is 1.37 Å². The van der Waals surface area contributed by atoms with Crippen LogP contribution in [-0.2, 0) is 0 Å². The summed E-state index contributed by atoms with van der Waals surface area (Å²) in [5.74, 6) is 0. The van der Waals surface area contributed by atoms with Gasteiger partial charge in [-0.15, -0.1) is 0 Å². The molecule has 0 spiro atoms. The molecule has 7 aromatic rings. The van der Waals surface area contributed by atoms with Gasteiger partial charge in [0.05, 0.1) is 1.37 Å². The first kappa shape index (κ1) is 25.8. The number of para-hydroxylation sites is 3. The zero-order valence-electron chi connectivity index (χ0n) is 25.3. The minimum atomic E-state index is 0.516. The van der Waals surface area contributed by atoms with Gasteiger partial charge in [0.15, 0.2) is 0 Å². The van der Waals surface area contributed by atoms with Gasteiger partial charge in [-0.05, 0) is 95.1 Å². The van der Waals surface area contributed by atoms with Crippen molar-refractivity contribution in [1.29, 1.82) is 0 Å². The highest BCUT2D eigenvalue weighted by Gasteiger charge is 2.14. The molecule has 0 aliphatic rings. The zero-order valence-corrected chi connectivity index (χ0v) is 24.3. The van der Waals surface area contributed by atoms with E-state index in [1.807, 2.05) is 36.4 Å². The van der Waals surface area contributed by atoms with Crippen LogP contribution in [0.5, 0.6) is 0 Å². The van der Waals surface area contributed by atoms with Crippen molar-refractivity contribution in [2.45, 2.75) is 0 Å². The van der Waals surface area contributed by atoms with Crippen molar-refractivity contribution in [1.82, 2.24) is 0 Å². The Morgan fingerprint density at radius 1 is 0.250 bits per heavy atom. The summed E-state index contributed by atoms with van der Waals surface area (Å²) in [4.78, 5) is 4.55. The largest absolute Gasteiger partial charge is 0.311 e. The fraction of sp³-hybridized carbons (Fsp3) is 0. The van der Waals surface area contributed by atoms with Crippen LogP contribution in [0.3, 0.4) is 0 Å². The Bertz CT molecular complexity index is 1930. The summed E-state index contributed by atoms with van der Waals surface area (Å²) < 4.78 is 7.99. The molecule has 2 heteroatoms. The lowest BCUT2D eigenvalue weighted by Crippen LogP contribution is -2.09. The lowest BCUT2D eigenvalue weighted by Gasteiger charge is -2.26. The van der Waals surface area contributed by atoms with Gasteiger partial charge in [0.1, 0.15) is 0 Å². The van der Waals surface area contributed by atoms with E-state index in [1.54, 1.807) is 6.07 Å². The first-order valence-electron chi connectivity index (χ1n) is 15.4. The molecule has 0 aliphatic carbocycles. The Hall–Kier alpha value is -5.86. The van der Waals surface area contributed by atoms with Crippen molar-refractivity contribution in [3.8, 4) is 22.3 Å². The lowest BCUT2D eigenvalue weighted by molar-refractivity contribution is 1.28. The average molecular weight is 567 g/mol. The standard InChI is InChI=1S/C42H32N2/c1-5-13-33(14-6-1)34-21-27-41(28-22-34)44(39-19-11-4-12-20-39)42-31-25-36(26-32-42)35-23-29-40(30-24-35)43(37-15-7-2-8-16-37)38-17-9-3-10-18-38/h1-32H/i5T. The van der Waals surface area contributed by atoms with E-state index in [0.717, 1.165) is 50.8 Å². The number of hydrogen-bond acceptors (Lipinski definition) is 2. The minimum Gasteiger partial charge on any atom is -0.311 e. The smallest absolute Gasteiger partial charge is 0.0623 e. The summed E-state index contributed by atoms with van der Waals surface area (Å²) in [6.45, 7) is 0. The summed E-state index contributed by atoms with van der Waals surface area (Å²) in [6, 6.07) is 65.7. The second-order valence-corrected chi connectivity index (χ2v) is 10.6. The molecule has 0 N–H and O–H groups in total. The molecule has 0 saturated heterocycles. The van der Waals surface area contributed by atoms with Crippen molar-refractivity contribution in [3.05, 3.63) is 194 Å². The fourth-order valence-electron chi connectivity index (χ4n) is 5.61. The van der Waals surface area contributed by atoms with Crippen LogP contribution >= 0.6 is 0 Å². The molecular weight excluding hydrogens is 532 g/mol. The predicted octanol–water partition coefficient (Wildman–Crippen LogP) is 12.0. The summed E-state index contributed by atoms with van der Waals surface area (Å²) in [6.07, 6.45) is 0. The Labute approximate surface area is 261 Å². The maximum absolute atomic E-state index is 7.99. The van der Waals surface area contributed by atoms with Gasteiger partial charge < -0.3 is 9.80 Å². The average Bonchev–Trinajstić information content (AvgIpc) is 3.11. The van der Waals surface area contributed by atoms with Crippen LogP contribution in [-0.4, -0.2) is 0 Å². The highest BCUT2D eigenvalue weighted by atomic mass is 15.1. The number of rotatable bonds is 8. The van der Waals surface area contributed by atoms with Crippen LogP contribution < -0.4 is 9.80 Å². The molecule has 0 atom stereocenters. The van der Waals surface area contributed by atoms with E-state index in [1.165, 1.54) is 5.56 Å². The predicted molar refractivity (Wildman–Crippen MR) is 187 cm³/mol. The third-order valence-electron chi connectivity index (χ3n) is 7.79. The van der Waals surface area contributed by atoms with Crippen LogP contribution in [0.1, 0.15) is 1.37 Å². The van der Waals surface area contributed by atoms with E-state index in [0.29, 0.717) is 6.04 Å². The van der Waals surface area contributed by atoms with Gasteiger partial charge in [0, 0.05) is 34.1 Å². The highest BCUT2D eigenvalue weighted by molar-refractivity contribution is 5.81. The number of benzene rings is 7. The Morgan fingerprint density at radius 2 is 0.523 bits per heavy atom. The maximum Gasteiger partial charge on any atom is 0.0623 e. The van der Waals surface area contributed by atoms with Crippen molar-refractivity contribution in [2.75, 3.05) is 9.80 Å². The normalized spacial score (nSPS) is 11.0. The molecule has 0 saturated carbocycles. The summed E-state index contributed by atoms with van der Waals surface area (Å²) >= 11 is 0. The SMILES string of the molecule is [3H]c1cccc(-c2ccc(N(c3ccccc3)c3ccc(-c4ccc(N(c5ccccc5)c5ccccc5)cc4)cc3)cc2)c1. The summed E-state index contributed by atoms with van der Waals surface area (Å²) in [7, 11) is 0. The molecule has 0 fully saturated rings. The van der Waals surface area contributed by atoms with Crippen LogP contribution in [0, 0.1) is 0 Å². The third-order valence-corrected chi connectivity index (χ3v) is 7.79. The maximum atomic E-state index is 7.99. The van der Waals surface area contributed by atoms with Crippen molar-refractivity contribution >= 4 is 34.1 Å². The number of anilines is 6. The molecule has 7 rings (SSSR count). The van der Waals surface area contributed by atoms with Crippen LogP contribution in [0.2, 0.25) is 0 Å². The Kier molecular flexibility index (Phi) is 7.37. The molecule has 210 valence electrons. The second kappa shape index (κ2) is 12.6. The first-order chi connectivity index (χ1) is 22.2. The summed E-state index contributed by atoms with van der Waals surface area (Å²) in [5.41, 5.74) is 11.1. The molecule has 0 amide bonds. The molecule has 0 bridgehead atoms. The van der Waals surface area contributed by atoms with Crippen LogP contribution in [0.4, 0.5) is 34.1 Å². The zero-order chi connectivity index (χ0) is 30.4. The number of nitrogens with zero attached hydrogens (tertiary/aromatic N) is 2. The highest BCUT2D eigenvalue weighted by Crippen LogP contribution is 2.38. The van der Waals surface area contributed by atoms with Crippen molar-refractivity contribution in [2.24, 2.45) is 0 Å². The molecule has 0 radical (unpaired) electrons. The lowest BCUT2D eigenvalue weighted by atomic mass is 10.0. The second-order valence-electron chi connectivity index (χ2n) is 10.6. The molecule has 2 nitrogen and oxygen atoms in total. The van der Waals surface area contributed by atoms with Gasteiger partial charge in [-0.2, -0.15) is 0 Å². The molecule has 0 aromatic heterocycles. The van der Waals surface area contributed by atoms with Crippen LogP contribution in [0.25, 0.3) is 22.3 Å². The molecule has 44 heavy (non-hydrogen) atoms. The van der Waals surface area contributed by atoms with E-state index in [4.69, 9.17) is 1.37 Å². The van der Waals surface area contributed by atoms with Gasteiger partial charge in [0.2, 0.25) is 0 Å². The van der Waals surface area contributed by atoms with Gasteiger partial charge in [0.25, 0.3) is 0 Å². The fourth-order valence-corrected chi connectivity index (χ4v) is 5.61. The van der Waals surface area contributed by atoms with E-state index < -0.39 is 0 Å². The van der Waals surface area contributed by atoms with Gasteiger partial charge in [-0.3, -0.25) is 0 Å². The van der Waals surface area contributed by atoms with E-state index in [2.05, 4.69) is 155 Å². The number of hydrogen-bond donors (Lipinski definition) is 0. The molecule has 0 heterocycles. The molecule has 0 aliphatic heterocycles. The van der Waals surface area contributed by atoms with E-state index in [9.17, 15) is 0 Å². The van der Waals surface area contributed by atoms with Gasteiger partial charge in [-0.25, -0.2) is 0 Å². The molecule has 0 unspecified atom stereocenters. The monoisotopic (exact) mass is 566 g/mol. The third kappa shape index (κ3) is 5.74. The van der Waals surface area contributed by atoms with Crippen LogP contribution in [0.15, 0.2) is 194 Å². The first-order valence-corrected chi connectivity index (χ1v) is 14.9. The summed E-state index contributed by atoms with van der Waals surface area (Å²) in [5, 5.41) is 0. The van der Waals surface area contributed by atoms with Gasteiger partial charge >= 0.3 is 0 Å². The quantitative estimate of drug-likeness (QED) is 0.180. The minimum absolute atomic E-state index is 0.516. The molecular formula is C42H32N2. The Balaban J connectivity index is 1.18. The van der Waals surface area contributed by atoms with Crippen molar-refractivity contribution in [3.63, 3.8) is 0 Å². The van der Waals surface area contributed by atoms with E-state index in [-0.39, 0.29) is 0 Å².